The summed E-state index contributed by atoms with van der Waals surface area (Å²) in [5.41, 5.74) is 3.94. The van der Waals surface area contributed by atoms with E-state index in [4.69, 9.17) is 16.6 Å². The van der Waals surface area contributed by atoms with E-state index in [1.165, 1.54) is 5.69 Å². The predicted molar refractivity (Wildman–Crippen MR) is 110 cm³/mol. The monoisotopic (exact) mass is 384 g/mol. The van der Waals surface area contributed by atoms with E-state index in [0.29, 0.717) is 22.9 Å². The van der Waals surface area contributed by atoms with Gasteiger partial charge in [0.2, 0.25) is 5.95 Å². The van der Waals surface area contributed by atoms with Gasteiger partial charge in [0.05, 0.1) is 22.4 Å². The zero-order valence-corrected chi connectivity index (χ0v) is 16.7. The maximum absolute atomic E-state index is 6.45. The summed E-state index contributed by atoms with van der Waals surface area (Å²) in [6.07, 6.45) is 3.82. The summed E-state index contributed by atoms with van der Waals surface area (Å²) in [6.45, 7) is 6.41. The first-order valence-electron chi connectivity index (χ1n) is 9.49. The van der Waals surface area contributed by atoms with Crippen LogP contribution in [0.15, 0.2) is 24.4 Å². The van der Waals surface area contributed by atoms with Crippen molar-refractivity contribution in [3.05, 3.63) is 35.1 Å². The minimum absolute atomic E-state index is 0.383. The normalized spacial score (nSPS) is 15.6. The van der Waals surface area contributed by atoms with Crippen LogP contribution in [0.5, 0.6) is 0 Å². The van der Waals surface area contributed by atoms with Gasteiger partial charge in [-0.05, 0) is 44.0 Å². The van der Waals surface area contributed by atoms with Crippen LogP contribution in [0.3, 0.4) is 0 Å². The predicted octanol–water partition coefficient (Wildman–Crippen LogP) is 3.97. The molecule has 7 heteroatoms. The van der Waals surface area contributed by atoms with Crippen LogP contribution in [0.2, 0.25) is 5.02 Å². The van der Waals surface area contributed by atoms with Gasteiger partial charge in [0.25, 0.3) is 0 Å². The fraction of sp³-hybridized carbons (Fsp3) is 0.450. The first-order valence-corrected chi connectivity index (χ1v) is 9.87. The molecule has 0 saturated carbocycles. The van der Waals surface area contributed by atoms with Crippen molar-refractivity contribution in [3.8, 4) is 11.3 Å². The number of halogens is 1. The topological polar surface area (TPSA) is 67.7 Å². The van der Waals surface area contributed by atoms with Gasteiger partial charge in [0.1, 0.15) is 0 Å². The van der Waals surface area contributed by atoms with Gasteiger partial charge >= 0.3 is 0 Å². The van der Waals surface area contributed by atoms with E-state index >= 15 is 0 Å². The Hall–Kier alpha value is -2.18. The molecular weight excluding hydrogens is 360 g/mol. The molecule has 0 spiro atoms. The van der Waals surface area contributed by atoms with Crippen molar-refractivity contribution in [2.45, 2.75) is 38.6 Å². The van der Waals surface area contributed by atoms with E-state index < -0.39 is 0 Å². The number of rotatable bonds is 4. The molecule has 0 amide bonds. The maximum atomic E-state index is 6.45. The average Bonchev–Trinajstić information content (AvgIpc) is 2.99. The number of fused-ring (bicyclic) bond motifs is 1. The summed E-state index contributed by atoms with van der Waals surface area (Å²) in [6, 6.07) is 6.60. The molecule has 1 aliphatic rings. The lowest BCUT2D eigenvalue weighted by atomic mass is 10.0. The van der Waals surface area contributed by atoms with Crippen LogP contribution in [0.4, 0.5) is 5.95 Å². The van der Waals surface area contributed by atoms with Gasteiger partial charge in [-0.1, -0.05) is 31.5 Å². The highest BCUT2D eigenvalue weighted by atomic mass is 35.5. The minimum Gasteiger partial charge on any atom is -0.351 e. The van der Waals surface area contributed by atoms with E-state index in [9.17, 15) is 0 Å². The van der Waals surface area contributed by atoms with Gasteiger partial charge in [-0.25, -0.2) is 9.97 Å². The van der Waals surface area contributed by atoms with E-state index in [2.05, 4.69) is 40.6 Å². The van der Waals surface area contributed by atoms with Crippen molar-refractivity contribution >= 4 is 28.5 Å². The van der Waals surface area contributed by atoms with Gasteiger partial charge in [-0.3, -0.25) is 4.68 Å². The largest absolute Gasteiger partial charge is 0.351 e. The second-order valence-corrected chi connectivity index (χ2v) is 7.86. The standard InChI is InChI=1S/C20H25ClN6/c1-12(2)19-15-10-13(4-5-17(15)26-27(19)3)18-16(21)11-23-20(25-18)24-14-6-8-22-9-7-14/h4-5,10-12,14,22H,6-9H2,1-3H3,(H,23,24,25). The molecule has 1 aromatic carbocycles. The summed E-state index contributed by atoms with van der Waals surface area (Å²) in [5.74, 6) is 1.02. The number of piperidine rings is 1. The number of nitrogens with one attached hydrogen (secondary N) is 2. The minimum atomic E-state index is 0.383. The fourth-order valence-electron chi connectivity index (χ4n) is 3.84. The summed E-state index contributed by atoms with van der Waals surface area (Å²) in [5, 5.41) is 13.1. The molecule has 6 nitrogen and oxygen atoms in total. The van der Waals surface area contributed by atoms with Crippen LogP contribution in [0.25, 0.3) is 22.2 Å². The molecule has 0 aliphatic carbocycles. The molecule has 142 valence electrons. The van der Waals surface area contributed by atoms with Gasteiger partial charge in [-0.15, -0.1) is 0 Å². The Bertz CT molecular complexity index is 959. The van der Waals surface area contributed by atoms with Crippen molar-refractivity contribution < 1.29 is 0 Å². The molecule has 27 heavy (non-hydrogen) atoms. The zero-order valence-electron chi connectivity index (χ0n) is 16.0. The Kier molecular flexibility index (Phi) is 5.02. The van der Waals surface area contributed by atoms with E-state index in [1.807, 2.05) is 23.9 Å². The number of hydrogen-bond acceptors (Lipinski definition) is 5. The molecular formula is C20H25ClN6. The third-order valence-electron chi connectivity index (χ3n) is 5.12. The lowest BCUT2D eigenvalue weighted by molar-refractivity contribution is 0.477. The number of aryl methyl sites for hydroxylation is 1. The lowest BCUT2D eigenvalue weighted by Crippen LogP contribution is -2.35. The van der Waals surface area contributed by atoms with Crippen LogP contribution in [0, 0.1) is 0 Å². The Morgan fingerprint density at radius 1 is 1.26 bits per heavy atom. The first kappa shape index (κ1) is 18.2. The highest BCUT2D eigenvalue weighted by Gasteiger charge is 2.17. The maximum Gasteiger partial charge on any atom is 0.223 e. The number of benzene rings is 1. The summed E-state index contributed by atoms with van der Waals surface area (Å²) in [7, 11) is 1.99. The van der Waals surface area contributed by atoms with Crippen molar-refractivity contribution in [2.75, 3.05) is 18.4 Å². The van der Waals surface area contributed by atoms with E-state index in [0.717, 1.165) is 48.1 Å². The molecule has 0 unspecified atom stereocenters. The van der Waals surface area contributed by atoms with Crippen LogP contribution >= 0.6 is 11.6 Å². The fourth-order valence-corrected chi connectivity index (χ4v) is 4.04. The lowest BCUT2D eigenvalue weighted by Gasteiger charge is -2.23. The molecule has 1 saturated heterocycles. The number of hydrogen-bond donors (Lipinski definition) is 2. The van der Waals surface area contributed by atoms with Crippen molar-refractivity contribution in [1.82, 2.24) is 25.1 Å². The molecule has 2 N–H and O–H groups in total. The van der Waals surface area contributed by atoms with Crippen molar-refractivity contribution in [2.24, 2.45) is 7.05 Å². The van der Waals surface area contributed by atoms with Gasteiger partial charge in [-0.2, -0.15) is 5.10 Å². The highest BCUT2D eigenvalue weighted by molar-refractivity contribution is 6.33. The molecule has 1 fully saturated rings. The molecule has 4 rings (SSSR count). The van der Waals surface area contributed by atoms with Gasteiger partial charge in [0.15, 0.2) is 0 Å². The third-order valence-corrected chi connectivity index (χ3v) is 5.39. The Morgan fingerprint density at radius 3 is 2.78 bits per heavy atom. The van der Waals surface area contributed by atoms with Crippen molar-refractivity contribution in [3.63, 3.8) is 0 Å². The average molecular weight is 385 g/mol. The van der Waals surface area contributed by atoms with E-state index in [-0.39, 0.29) is 0 Å². The highest BCUT2D eigenvalue weighted by Crippen LogP contribution is 2.32. The molecule has 3 aromatic rings. The Morgan fingerprint density at radius 2 is 2.04 bits per heavy atom. The summed E-state index contributed by atoms with van der Waals surface area (Å²) in [4.78, 5) is 9.10. The molecule has 0 atom stereocenters. The van der Waals surface area contributed by atoms with Crippen molar-refractivity contribution in [1.29, 1.82) is 0 Å². The molecule has 3 heterocycles. The third kappa shape index (κ3) is 3.64. The zero-order chi connectivity index (χ0) is 19.0. The Labute approximate surface area is 164 Å². The van der Waals surface area contributed by atoms with E-state index in [1.54, 1.807) is 6.20 Å². The number of nitrogens with zero attached hydrogens (tertiary/aromatic N) is 4. The summed E-state index contributed by atoms with van der Waals surface area (Å²) >= 11 is 6.45. The first-order chi connectivity index (χ1) is 13.0. The molecule has 0 radical (unpaired) electrons. The quantitative estimate of drug-likeness (QED) is 0.712. The van der Waals surface area contributed by atoms with Crippen LogP contribution < -0.4 is 10.6 Å². The second kappa shape index (κ2) is 7.44. The number of aromatic nitrogens is 4. The Balaban J connectivity index is 1.71. The van der Waals surface area contributed by atoms with Crippen LogP contribution in [-0.2, 0) is 7.05 Å². The number of anilines is 1. The smallest absolute Gasteiger partial charge is 0.223 e. The van der Waals surface area contributed by atoms with Crippen LogP contribution in [0.1, 0.15) is 38.3 Å². The summed E-state index contributed by atoms with van der Waals surface area (Å²) < 4.78 is 1.96. The SMILES string of the molecule is CC(C)c1c2cc(-c3nc(NC4CCNCC4)ncc3Cl)ccc2nn1C. The van der Waals surface area contributed by atoms with Crippen LogP contribution in [-0.4, -0.2) is 38.9 Å². The molecule has 1 aliphatic heterocycles. The molecule has 2 aromatic heterocycles. The molecule has 0 bridgehead atoms. The second-order valence-electron chi connectivity index (χ2n) is 7.45. The van der Waals surface area contributed by atoms with Gasteiger partial charge < -0.3 is 10.6 Å². The van der Waals surface area contributed by atoms with Gasteiger partial charge in [0, 0.05) is 29.7 Å².